The zero-order valence-electron chi connectivity index (χ0n) is 8.53. The second kappa shape index (κ2) is 4.71. The van der Waals surface area contributed by atoms with Crippen LogP contribution in [0.25, 0.3) is 0 Å². The van der Waals surface area contributed by atoms with Gasteiger partial charge in [0.1, 0.15) is 0 Å². The number of benzene rings is 1. The second-order valence-electron chi connectivity index (χ2n) is 3.84. The molecule has 0 fully saturated rings. The summed E-state index contributed by atoms with van der Waals surface area (Å²) in [7, 11) is 0. The maximum atomic E-state index is 10.4. The average molecular weight is 222 g/mol. The number of rotatable bonds is 4. The maximum absolute atomic E-state index is 10.4. The van der Waals surface area contributed by atoms with E-state index in [2.05, 4.69) is 18.2 Å². The fourth-order valence-corrected chi connectivity index (χ4v) is 2.66. The first-order valence-corrected chi connectivity index (χ1v) is 6.31. The van der Waals surface area contributed by atoms with E-state index in [0.29, 0.717) is 0 Å². The van der Waals surface area contributed by atoms with Crippen molar-refractivity contribution >= 4 is 17.7 Å². The average Bonchev–Trinajstić information content (AvgIpc) is 2.64. The summed E-state index contributed by atoms with van der Waals surface area (Å²) in [6.07, 6.45) is 3.66. The minimum absolute atomic E-state index is 0.192. The molecule has 80 valence electrons. The molecule has 0 atom stereocenters. The number of carboxylic acid groups (broad SMARTS) is 1. The van der Waals surface area contributed by atoms with E-state index in [1.807, 2.05) is 0 Å². The Morgan fingerprint density at radius 2 is 2.13 bits per heavy atom. The standard InChI is InChI=1S/C12H14O2S/c13-12(14)8-15-7-9-4-5-10-2-1-3-11(10)6-9/h4-6H,1-3,7-8H2,(H,13,14). The van der Waals surface area contributed by atoms with Gasteiger partial charge >= 0.3 is 5.97 Å². The highest BCUT2D eigenvalue weighted by Crippen LogP contribution is 2.24. The molecule has 1 aromatic carbocycles. The van der Waals surface area contributed by atoms with Crippen LogP contribution in [-0.4, -0.2) is 16.8 Å². The third-order valence-corrected chi connectivity index (χ3v) is 3.65. The molecule has 0 saturated heterocycles. The first kappa shape index (κ1) is 10.6. The summed E-state index contributed by atoms with van der Waals surface area (Å²) in [5.74, 6) is 0.262. The molecule has 0 unspecified atom stereocenters. The number of carboxylic acids is 1. The van der Waals surface area contributed by atoms with Gasteiger partial charge in [0, 0.05) is 5.75 Å². The lowest BCUT2D eigenvalue weighted by Crippen LogP contribution is -1.98. The Morgan fingerprint density at radius 1 is 1.33 bits per heavy atom. The van der Waals surface area contributed by atoms with E-state index in [1.54, 1.807) is 0 Å². The highest BCUT2D eigenvalue weighted by Gasteiger charge is 2.10. The molecule has 1 N–H and O–H groups in total. The van der Waals surface area contributed by atoms with Crippen LogP contribution in [0, 0.1) is 0 Å². The van der Waals surface area contributed by atoms with Crippen molar-refractivity contribution in [3.63, 3.8) is 0 Å². The van der Waals surface area contributed by atoms with E-state index in [4.69, 9.17) is 5.11 Å². The number of hydrogen-bond acceptors (Lipinski definition) is 2. The summed E-state index contributed by atoms with van der Waals surface area (Å²) in [5, 5.41) is 8.53. The van der Waals surface area contributed by atoms with Crippen LogP contribution in [0.3, 0.4) is 0 Å². The lowest BCUT2D eigenvalue weighted by Gasteiger charge is -2.03. The normalized spacial score (nSPS) is 13.9. The van der Waals surface area contributed by atoms with Gasteiger partial charge in [-0.3, -0.25) is 4.79 Å². The lowest BCUT2D eigenvalue weighted by atomic mass is 10.1. The molecule has 0 radical (unpaired) electrons. The van der Waals surface area contributed by atoms with Crippen molar-refractivity contribution in [3.8, 4) is 0 Å². The Bertz CT molecular complexity index is 374. The molecule has 1 aliphatic carbocycles. The molecule has 0 aliphatic heterocycles. The zero-order valence-corrected chi connectivity index (χ0v) is 9.35. The molecule has 0 bridgehead atoms. The zero-order chi connectivity index (χ0) is 10.7. The summed E-state index contributed by atoms with van der Waals surface area (Å²) in [6.45, 7) is 0. The first-order chi connectivity index (χ1) is 7.25. The number of thioether (sulfide) groups is 1. The Labute approximate surface area is 93.7 Å². The largest absolute Gasteiger partial charge is 0.481 e. The van der Waals surface area contributed by atoms with Gasteiger partial charge in [-0.15, -0.1) is 11.8 Å². The molecule has 2 rings (SSSR count). The van der Waals surface area contributed by atoms with E-state index in [9.17, 15) is 4.79 Å². The van der Waals surface area contributed by atoms with Gasteiger partial charge in [0.2, 0.25) is 0 Å². The number of carbonyl (C=O) groups is 1. The number of fused-ring (bicyclic) bond motifs is 1. The fraction of sp³-hybridized carbons (Fsp3) is 0.417. The number of hydrogen-bond donors (Lipinski definition) is 1. The van der Waals surface area contributed by atoms with Crippen LogP contribution >= 0.6 is 11.8 Å². The van der Waals surface area contributed by atoms with Crippen LogP contribution in [0.5, 0.6) is 0 Å². The van der Waals surface area contributed by atoms with Gasteiger partial charge in [-0.2, -0.15) is 0 Å². The molecule has 0 amide bonds. The molecule has 0 spiro atoms. The number of aryl methyl sites for hydroxylation is 2. The van der Waals surface area contributed by atoms with Crippen molar-refractivity contribution in [1.82, 2.24) is 0 Å². The molecule has 3 heteroatoms. The van der Waals surface area contributed by atoms with Crippen molar-refractivity contribution in [2.45, 2.75) is 25.0 Å². The van der Waals surface area contributed by atoms with E-state index < -0.39 is 5.97 Å². The predicted octanol–water partition coefficient (Wildman–Crippen LogP) is 2.49. The maximum Gasteiger partial charge on any atom is 0.313 e. The van der Waals surface area contributed by atoms with Gasteiger partial charge < -0.3 is 5.11 Å². The minimum atomic E-state index is -0.735. The number of aliphatic carboxylic acids is 1. The summed E-state index contributed by atoms with van der Waals surface area (Å²) >= 11 is 1.46. The Balaban J connectivity index is 1.95. The summed E-state index contributed by atoms with van der Waals surface area (Å²) in [5.41, 5.74) is 4.19. The Kier molecular flexibility index (Phi) is 3.31. The van der Waals surface area contributed by atoms with Crippen molar-refractivity contribution in [2.24, 2.45) is 0 Å². The topological polar surface area (TPSA) is 37.3 Å². The second-order valence-corrected chi connectivity index (χ2v) is 4.83. The van der Waals surface area contributed by atoms with Crippen molar-refractivity contribution < 1.29 is 9.90 Å². The van der Waals surface area contributed by atoms with Crippen molar-refractivity contribution in [2.75, 3.05) is 5.75 Å². The quantitative estimate of drug-likeness (QED) is 0.850. The van der Waals surface area contributed by atoms with Gasteiger partial charge in [0.15, 0.2) is 0 Å². The summed E-state index contributed by atoms with van der Waals surface area (Å²) in [6, 6.07) is 6.55. The van der Waals surface area contributed by atoms with Gasteiger partial charge in [0.25, 0.3) is 0 Å². The molecule has 0 saturated carbocycles. The fourth-order valence-electron chi connectivity index (χ4n) is 1.97. The van der Waals surface area contributed by atoms with Crippen LogP contribution in [0.2, 0.25) is 0 Å². The Hall–Kier alpha value is -0.960. The highest BCUT2D eigenvalue weighted by molar-refractivity contribution is 7.99. The van der Waals surface area contributed by atoms with Gasteiger partial charge in [0.05, 0.1) is 5.75 Å². The summed E-state index contributed by atoms with van der Waals surface area (Å²) < 4.78 is 0. The van der Waals surface area contributed by atoms with Crippen molar-refractivity contribution in [3.05, 3.63) is 34.9 Å². The molecular formula is C12H14O2S. The van der Waals surface area contributed by atoms with Crippen LogP contribution < -0.4 is 0 Å². The SMILES string of the molecule is O=C(O)CSCc1ccc2c(c1)CCC2. The highest BCUT2D eigenvalue weighted by atomic mass is 32.2. The van der Waals surface area contributed by atoms with E-state index in [1.165, 1.54) is 47.7 Å². The van der Waals surface area contributed by atoms with Crippen LogP contribution in [0.4, 0.5) is 0 Å². The first-order valence-electron chi connectivity index (χ1n) is 5.16. The third kappa shape index (κ3) is 2.75. The third-order valence-electron chi connectivity index (χ3n) is 2.66. The van der Waals surface area contributed by atoms with Gasteiger partial charge in [-0.1, -0.05) is 18.2 Å². The lowest BCUT2D eigenvalue weighted by molar-refractivity contribution is -0.133. The molecule has 1 aliphatic rings. The predicted molar refractivity (Wildman–Crippen MR) is 62.3 cm³/mol. The molecule has 1 aromatic rings. The van der Waals surface area contributed by atoms with E-state index >= 15 is 0 Å². The van der Waals surface area contributed by atoms with Crippen LogP contribution in [0.15, 0.2) is 18.2 Å². The minimum Gasteiger partial charge on any atom is -0.481 e. The monoisotopic (exact) mass is 222 g/mol. The van der Waals surface area contributed by atoms with Gasteiger partial charge in [-0.25, -0.2) is 0 Å². The van der Waals surface area contributed by atoms with Crippen LogP contribution in [0.1, 0.15) is 23.1 Å². The Morgan fingerprint density at radius 3 is 2.93 bits per heavy atom. The molecular weight excluding hydrogens is 208 g/mol. The molecule has 0 aromatic heterocycles. The smallest absolute Gasteiger partial charge is 0.313 e. The van der Waals surface area contributed by atoms with E-state index in [-0.39, 0.29) is 5.75 Å². The van der Waals surface area contributed by atoms with E-state index in [0.717, 1.165) is 5.75 Å². The molecule has 15 heavy (non-hydrogen) atoms. The molecule has 0 heterocycles. The summed E-state index contributed by atoms with van der Waals surface area (Å²) in [4.78, 5) is 10.4. The van der Waals surface area contributed by atoms with Gasteiger partial charge in [-0.05, 0) is 36.0 Å². The molecule has 2 nitrogen and oxygen atoms in total. The van der Waals surface area contributed by atoms with Crippen molar-refractivity contribution in [1.29, 1.82) is 0 Å². The van der Waals surface area contributed by atoms with Crippen LogP contribution in [-0.2, 0) is 23.4 Å².